The van der Waals surface area contributed by atoms with Gasteiger partial charge in [-0.15, -0.1) is 0 Å². The highest BCUT2D eigenvalue weighted by atomic mass is 19.1. The second-order valence-corrected chi connectivity index (χ2v) is 3.61. The molecule has 0 aliphatic carbocycles. The van der Waals surface area contributed by atoms with E-state index in [1.165, 1.54) is 13.2 Å². The van der Waals surface area contributed by atoms with Crippen molar-refractivity contribution in [1.29, 1.82) is 0 Å². The molecule has 0 saturated carbocycles. The number of benzene rings is 1. The summed E-state index contributed by atoms with van der Waals surface area (Å²) in [5.41, 5.74) is 6.06. The lowest BCUT2D eigenvalue weighted by Gasteiger charge is -2.06. The highest BCUT2D eigenvalue weighted by molar-refractivity contribution is 5.75. The average Bonchev–Trinajstić information content (AvgIpc) is 2.29. The van der Waals surface area contributed by atoms with Crippen molar-refractivity contribution < 1.29 is 13.9 Å². The number of hydrogen-bond acceptors (Lipinski definition) is 3. The Labute approximate surface area is 100.0 Å². The molecule has 0 aliphatic heterocycles. The summed E-state index contributed by atoms with van der Waals surface area (Å²) in [4.78, 5) is 11.1. The number of carbonyl (C=O) groups is 1. The Morgan fingerprint density at radius 3 is 2.88 bits per heavy atom. The van der Waals surface area contributed by atoms with Gasteiger partial charge < -0.3 is 15.8 Å². The predicted molar refractivity (Wildman–Crippen MR) is 63.3 cm³/mol. The minimum absolute atomic E-state index is 0.0820. The van der Waals surface area contributed by atoms with Crippen molar-refractivity contribution in [1.82, 2.24) is 5.32 Å². The van der Waals surface area contributed by atoms with E-state index in [2.05, 4.69) is 5.32 Å². The molecule has 17 heavy (non-hydrogen) atoms. The van der Waals surface area contributed by atoms with E-state index in [0.29, 0.717) is 25.9 Å². The Morgan fingerprint density at radius 1 is 1.53 bits per heavy atom. The minimum atomic E-state index is -0.390. The lowest BCUT2D eigenvalue weighted by Crippen LogP contribution is -2.27. The van der Waals surface area contributed by atoms with Gasteiger partial charge in [0.15, 0.2) is 11.6 Å². The van der Waals surface area contributed by atoms with E-state index in [4.69, 9.17) is 10.5 Å². The molecule has 0 saturated heterocycles. The summed E-state index contributed by atoms with van der Waals surface area (Å²) in [7, 11) is 1.42. The summed E-state index contributed by atoms with van der Waals surface area (Å²) in [6, 6.07) is 4.76. The molecule has 0 aliphatic rings. The van der Waals surface area contributed by atoms with Gasteiger partial charge in [0.1, 0.15) is 0 Å². The second kappa shape index (κ2) is 6.85. The first kappa shape index (κ1) is 13.4. The number of amides is 1. The Bertz CT molecular complexity index is 383. The summed E-state index contributed by atoms with van der Waals surface area (Å²) in [5.74, 6) is -0.249. The van der Waals surface area contributed by atoms with Gasteiger partial charge in [0.25, 0.3) is 0 Å². The third kappa shape index (κ3) is 4.40. The molecular formula is C12H17FN2O2. The summed E-state index contributed by atoms with van der Waals surface area (Å²) in [5, 5.41) is 2.71. The van der Waals surface area contributed by atoms with Crippen molar-refractivity contribution in [3.63, 3.8) is 0 Å². The number of carbonyl (C=O) groups excluding carboxylic acids is 1. The van der Waals surface area contributed by atoms with E-state index >= 15 is 0 Å². The zero-order valence-corrected chi connectivity index (χ0v) is 9.83. The molecule has 0 heterocycles. The third-order valence-corrected chi connectivity index (χ3v) is 2.32. The van der Waals surface area contributed by atoms with Crippen LogP contribution < -0.4 is 15.8 Å². The molecule has 0 atom stereocenters. The van der Waals surface area contributed by atoms with Gasteiger partial charge in [0.2, 0.25) is 5.91 Å². The standard InChI is InChI=1S/C12H17FN2O2/c1-17-11-3-2-9(8-10(11)13)5-7-15-12(16)4-6-14/h2-3,8H,4-7,14H2,1H3,(H,15,16). The number of halogens is 1. The van der Waals surface area contributed by atoms with Crippen molar-refractivity contribution in [2.75, 3.05) is 20.2 Å². The first-order valence-corrected chi connectivity index (χ1v) is 5.46. The van der Waals surface area contributed by atoms with Crippen LogP contribution in [0.1, 0.15) is 12.0 Å². The van der Waals surface area contributed by atoms with E-state index in [9.17, 15) is 9.18 Å². The molecular weight excluding hydrogens is 223 g/mol. The Morgan fingerprint density at radius 2 is 2.29 bits per heavy atom. The van der Waals surface area contributed by atoms with Gasteiger partial charge in [-0.2, -0.15) is 0 Å². The molecule has 1 aromatic carbocycles. The minimum Gasteiger partial charge on any atom is -0.494 e. The number of nitrogens with two attached hydrogens (primary N) is 1. The Balaban J connectivity index is 2.42. The lowest BCUT2D eigenvalue weighted by atomic mass is 10.1. The van der Waals surface area contributed by atoms with Crippen LogP contribution in [0.4, 0.5) is 4.39 Å². The molecule has 94 valence electrons. The van der Waals surface area contributed by atoms with E-state index in [-0.39, 0.29) is 11.7 Å². The number of ether oxygens (including phenoxy) is 1. The predicted octanol–water partition coefficient (Wildman–Crippen LogP) is 0.842. The van der Waals surface area contributed by atoms with E-state index in [1.807, 2.05) is 0 Å². The molecule has 0 radical (unpaired) electrons. The number of methoxy groups -OCH3 is 1. The van der Waals surface area contributed by atoms with Gasteiger partial charge in [-0.1, -0.05) is 6.07 Å². The Hall–Kier alpha value is -1.62. The fraction of sp³-hybridized carbons (Fsp3) is 0.417. The fourth-order valence-electron chi connectivity index (χ4n) is 1.43. The number of hydrogen-bond donors (Lipinski definition) is 2. The van der Waals surface area contributed by atoms with Crippen molar-refractivity contribution in [3.05, 3.63) is 29.6 Å². The van der Waals surface area contributed by atoms with Gasteiger partial charge in [0, 0.05) is 19.5 Å². The molecule has 0 fully saturated rings. The molecule has 0 unspecified atom stereocenters. The third-order valence-electron chi connectivity index (χ3n) is 2.32. The van der Waals surface area contributed by atoms with Crippen LogP contribution in [-0.4, -0.2) is 26.1 Å². The lowest BCUT2D eigenvalue weighted by molar-refractivity contribution is -0.120. The van der Waals surface area contributed by atoms with Gasteiger partial charge in [-0.3, -0.25) is 4.79 Å². The smallest absolute Gasteiger partial charge is 0.221 e. The molecule has 0 aromatic heterocycles. The molecule has 5 heteroatoms. The summed E-state index contributed by atoms with van der Waals surface area (Å²) >= 11 is 0. The van der Waals surface area contributed by atoms with E-state index in [0.717, 1.165) is 5.56 Å². The molecule has 1 aromatic rings. The zero-order valence-electron chi connectivity index (χ0n) is 9.83. The van der Waals surface area contributed by atoms with Crippen molar-refractivity contribution >= 4 is 5.91 Å². The molecule has 0 spiro atoms. The van der Waals surface area contributed by atoms with Crippen LogP contribution in [0.3, 0.4) is 0 Å². The molecule has 1 rings (SSSR count). The van der Waals surface area contributed by atoms with Crippen LogP contribution in [0.2, 0.25) is 0 Å². The quantitative estimate of drug-likeness (QED) is 0.774. The van der Waals surface area contributed by atoms with E-state index < -0.39 is 5.82 Å². The van der Waals surface area contributed by atoms with E-state index in [1.54, 1.807) is 12.1 Å². The van der Waals surface area contributed by atoms with Crippen LogP contribution in [0.25, 0.3) is 0 Å². The second-order valence-electron chi connectivity index (χ2n) is 3.61. The van der Waals surface area contributed by atoms with Crippen molar-refractivity contribution in [2.24, 2.45) is 5.73 Å². The number of nitrogens with one attached hydrogen (secondary N) is 1. The summed E-state index contributed by atoms with van der Waals surface area (Å²) in [6.45, 7) is 0.813. The van der Waals surface area contributed by atoms with Crippen LogP contribution in [0.15, 0.2) is 18.2 Å². The van der Waals surface area contributed by atoms with Crippen LogP contribution in [-0.2, 0) is 11.2 Å². The maximum absolute atomic E-state index is 13.3. The topological polar surface area (TPSA) is 64.3 Å². The van der Waals surface area contributed by atoms with Crippen molar-refractivity contribution in [3.8, 4) is 5.75 Å². The van der Waals surface area contributed by atoms with Gasteiger partial charge in [-0.05, 0) is 24.1 Å². The van der Waals surface area contributed by atoms with Gasteiger partial charge in [0.05, 0.1) is 7.11 Å². The molecule has 4 nitrogen and oxygen atoms in total. The summed E-state index contributed by atoms with van der Waals surface area (Å²) < 4.78 is 18.1. The summed E-state index contributed by atoms with van der Waals surface area (Å²) in [6.07, 6.45) is 0.897. The zero-order chi connectivity index (χ0) is 12.7. The Kier molecular flexibility index (Phi) is 5.42. The first-order valence-electron chi connectivity index (χ1n) is 5.46. The van der Waals surface area contributed by atoms with Gasteiger partial charge in [-0.25, -0.2) is 4.39 Å². The first-order chi connectivity index (χ1) is 8.17. The SMILES string of the molecule is COc1ccc(CCNC(=O)CCN)cc1F. The van der Waals surface area contributed by atoms with Gasteiger partial charge >= 0.3 is 0 Å². The highest BCUT2D eigenvalue weighted by Crippen LogP contribution is 2.17. The molecule has 3 N–H and O–H groups in total. The highest BCUT2D eigenvalue weighted by Gasteiger charge is 2.04. The largest absolute Gasteiger partial charge is 0.494 e. The normalized spacial score (nSPS) is 10.1. The monoisotopic (exact) mass is 240 g/mol. The average molecular weight is 240 g/mol. The van der Waals surface area contributed by atoms with Crippen LogP contribution in [0, 0.1) is 5.82 Å². The number of rotatable bonds is 6. The fourth-order valence-corrected chi connectivity index (χ4v) is 1.43. The molecule has 1 amide bonds. The molecule has 0 bridgehead atoms. The maximum Gasteiger partial charge on any atom is 0.221 e. The van der Waals surface area contributed by atoms with Crippen molar-refractivity contribution in [2.45, 2.75) is 12.8 Å². The maximum atomic E-state index is 13.3. The van der Waals surface area contributed by atoms with Crippen LogP contribution in [0.5, 0.6) is 5.75 Å². The van der Waals surface area contributed by atoms with Crippen LogP contribution >= 0.6 is 0 Å².